The molecule has 3 nitrogen and oxygen atoms in total. The molecule has 1 saturated heterocycles. The molecule has 1 aliphatic heterocycles. The summed E-state index contributed by atoms with van der Waals surface area (Å²) in [4.78, 5) is 2.51. The van der Waals surface area contributed by atoms with Crippen LogP contribution in [-0.2, 0) is 4.74 Å². The second kappa shape index (κ2) is 5.10. The summed E-state index contributed by atoms with van der Waals surface area (Å²) in [5.41, 5.74) is 5.82. The zero-order valence-electron chi connectivity index (χ0n) is 9.86. The maximum atomic E-state index is 5.82. The van der Waals surface area contributed by atoms with Crippen molar-refractivity contribution >= 4 is 0 Å². The van der Waals surface area contributed by atoms with Gasteiger partial charge in [-0.2, -0.15) is 0 Å². The standard InChI is InChI=1S/C11H24N2O/c1-8(12)5-9(2)13-6-11(4)14-7-10(13)3/h8-11H,5-7,12H2,1-4H3. The normalized spacial score (nSPS) is 34.1. The first-order chi connectivity index (χ1) is 6.50. The highest BCUT2D eigenvalue weighted by molar-refractivity contribution is 4.81. The van der Waals surface area contributed by atoms with Crippen LogP contribution in [0.15, 0.2) is 0 Å². The quantitative estimate of drug-likeness (QED) is 0.744. The Labute approximate surface area is 87.6 Å². The van der Waals surface area contributed by atoms with E-state index >= 15 is 0 Å². The van der Waals surface area contributed by atoms with Gasteiger partial charge in [0.1, 0.15) is 0 Å². The molecule has 0 spiro atoms. The van der Waals surface area contributed by atoms with E-state index in [2.05, 4.69) is 32.6 Å². The molecule has 0 bridgehead atoms. The fourth-order valence-electron chi connectivity index (χ4n) is 2.22. The van der Waals surface area contributed by atoms with E-state index in [-0.39, 0.29) is 6.04 Å². The number of nitrogens with two attached hydrogens (primary N) is 1. The zero-order valence-corrected chi connectivity index (χ0v) is 9.86. The minimum atomic E-state index is 0.287. The monoisotopic (exact) mass is 200 g/mol. The van der Waals surface area contributed by atoms with Crippen LogP contribution in [0.3, 0.4) is 0 Å². The third kappa shape index (κ3) is 3.23. The first-order valence-corrected chi connectivity index (χ1v) is 5.63. The molecule has 0 aromatic carbocycles. The zero-order chi connectivity index (χ0) is 10.7. The van der Waals surface area contributed by atoms with Crippen molar-refractivity contribution in [2.45, 2.75) is 58.3 Å². The Morgan fingerprint density at radius 2 is 2.07 bits per heavy atom. The number of rotatable bonds is 3. The van der Waals surface area contributed by atoms with E-state index in [0.717, 1.165) is 19.6 Å². The lowest BCUT2D eigenvalue weighted by Gasteiger charge is -2.41. The largest absolute Gasteiger partial charge is 0.376 e. The summed E-state index contributed by atoms with van der Waals surface area (Å²) in [5.74, 6) is 0. The molecule has 84 valence electrons. The molecule has 0 aromatic heterocycles. The SMILES string of the molecule is CC(N)CC(C)N1CC(C)OCC1C. The molecule has 0 radical (unpaired) electrons. The van der Waals surface area contributed by atoms with E-state index in [0.29, 0.717) is 18.2 Å². The van der Waals surface area contributed by atoms with Crippen LogP contribution in [0.4, 0.5) is 0 Å². The highest BCUT2D eigenvalue weighted by atomic mass is 16.5. The van der Waals surface area contributed by atoms with Crippen molar-refractivity contribution in [2.75, 3.05) is 13.2 Å². The summed E-state index contributed by atoms with van der Waals surface area (Å²) in [6, 6.07) is 1.38. The third-order valence-corrected chi connectivity index (χ3v) is 2.94. The first kappa shape index (κ1) is 12.0. The van der Waals surface area contributed by atoms with Crippen LogP contribution in [0.5, 0.6) is 0 Å². The molecule has 0 aromatic rings. The first-order valence-electron chi connectivity index (χ1n) is 5.63. The second-order valence-corrected chi connectivity index (χ2v) is 4.75. The Hall–Kier alpha value is -0.120. The van der Waals surface area contributed by atoms with Crippen LogP contribution < -0.4 is 5.73 Å². The Balaban J connectivity index is 2.46. The summed E-state index contributed by atoms with van der Waals surface area (Å²) < 4.78 is 5.60. The van der Waals surface area contributed by atoms with Gasteiger partial charge in [0.15, 0.2) is 0 Å². The molecule has 1 fully saturated rings. The number of hydrogen-bond donors (Lipinski definition) is 1. The summed E-state index contributed by atoms with van der Waals surface area (Å²) >= 11 is 0. The van der Waals surface area contributed by atoms with E-state index < -0.39 is 0 Å². The van der Waals surface area contributed by atoms with E-state index in [4.69, 9.17) is 10.5 Å². The van der Waals surface area contributed by atoms with Crippen LogP contribution in [0, 0.1) is 0 Å². The molecule has 1 rings (SSSR count). The van der Waals surface area contributed by atoms with Gasteiger partial charge < -0.3 is 10.5 Å². The molecule has 4 unspecified atom stereocenters. The van der Waals surface area contributed by atoms with Crippen LogP contribution in [-0.4, -0.2) is 42.3 Å². The molecule has 1 aliphatic rings. The van der Waals surface area contributed by atoms with Gasteiger partial charge in [-0.15, -0.1) is 0 Å². The van der Waals surface area contributed by atoms with E-state index in [1.165, 1.54) is 0 Å². The summed E-state index contributed by atoms with van der Waals surface area (Å²) in [6.07, 6.45) is 1.43. The molecule has 1 heterocycles. The van der Waals surface area contributed by atoms with Crippen LogP contribution in [0.2, 0.25) is 0 Å². The van der Waals surface area contributed by atoms with Crippen molar-refractivity contribution in [3.05, 3.63) is 0 Å². The minimum absolute atomic E-state index is 0.287. The lowest BCUT2D eigenvalue weighted by atomic mass is 10.1. The van der Waals surface area contributed by atoms with Crippen molar-refractivity contribution in [3.63, 3.8) is 0 Å². The van der Waals surface area contributed by atoms with Gasteiger partial charge in [0, 0.05) is 24.7 Å². The van der Waals surface area contributed by atoms with Crippen LogP contribution in [0.25, 0.3) is 0 Å². The second-order valence-electron chi connectivity index (χ2n) is 4.75. The van der Waals surface area contributed by atoms with Gasteiger partial charge in [-0.1, -0.05) is 0 Å². The Kier molecular flexibility index (Phi) is 4.35. The Morgan fingerprint density at radius 1 is 1.43 bits per heavy atom. The van der Waals surface area contributed by atoms with E-state index in [1.807, 2.05) is 0 Å². The predicted octanol–water partition coefficient (Wildman–Crippen LogP) is 1.22. The average molecular weight is 200 g/mol. The van der Waals surface area contributed by atoms with Crippen LogP contribution in [0.1, 0.15) is 34.1 Å². The molecule has 0 amide bonds. The Morgan fingerprint density at radius 3 is 2.64 bits per heavy atom. The lowest BCUT2D eigenvalue weighted by Crippen LogP contribution is -2.52. The summed E-state index contributed by atoms with van der Waals surface area (Å²) in [5, 5.41) is 0. The number of ether oxygens (including phenoxy) is 1. The molecule has 4 atom stereocenters. The molecule has 14 heavy (non-hydrogen) atoms. The van der Waals surface area contributed by atoms with Gasteiger partial charge in [0.05, 0.1) is 12.7 Å². The van der Waals surface area contributed by atoms with Crippen molar-refractivity contribution in [3.8, 4) is 0 Å². The summed E-state index contributed by atoms with van der Waals surface area (Å²) in [7, 11) is 0. The maximum absolute atomic E-state index is 5.82. The van der Waals surface area contributed by atoms with E-state index in [9.17, 15) is 0 Å². The molecular formula is C11H24N2O. The van der Waals surface area contributed by atoms with Crippen molar-refractivity contribution < 1.29 is 4.74 Å². The molecule has 3 heteroatoms. The lowest BCUT2D eigenvalue weighted by molar-refractivity contribution is -0.0649. The van der Waals surface area contributed by atoms with Crippen LogP contribution >= 0.6 is 0 Å². The van der Waals surface area contributed by atoms with Gasteiger partial charge in [-0.25, -0.2) is 0 Å². The van der Waals surface area contributed by atoms with Gasteiger partial charge in [0.2, 0.25) is 0 Å². The third-order valence-electron chi connectivity index (χ3n) is 2.94. The van der Waals surface area contributed by atoms with Crippen molar-refractivity contribution in [2.24, 2.45) is 5.73 Å². The molecule has 2 N–H and O–H groups in total. The summed E-state index contributed by atoms with van der Waals surface area (Å²) in [6.45, 7) is 10.6. The highest BCUT2D eigenvalue weighted by Gasteiger charge is 2.27. The fourth-order valence-corrected chi connectivity index (χ4v) is 2.22. The van der Waals surface area contributed by atoms with Gasteiger partial charge in [0.25, 0.3) is 0 Å². The fraction of sp³-hybridized carbons (Fsp3) is 1.00. The predicted molar refractivity (Wildman–Crippen MR) is 59.3 cm³/mol. The van der Waals surface area contributed by atoms with Crippen molar-refractivity contribution in [1.29, 1.82) is 0 Å². The molecular weight excluding hydrogens is 176 g/mol. The maximum Gasteiger partial charge on any atom is 0.0674 e. The van der Waals surface area contributed by atoms with Gasteiger partial charge in [-0.05, 0) is 34.1 Å². The van der Waals surface area contributed by atoms with Crippen molar-refractivity contribution in [1.82, 2.24) is 4.90 Å². The van der Waals surface area contributed by atoms with Gasteiger partial charge in [-0.3, -0.25) is 4.90 Å². The average Bonchev–Trinajstić information content (AvgIpc) is 2.08. The number of morpholine rings is 1. The molecule has 0 aliphatic carbocycles. The topological polar surface area (TPSA) is 38.5 Å². The number of hydrogen-bond acceptors (Lipinski definition) is 3. The smallest absolute Gasteiger partial charge is 0.0674 e. The molecule has 0 saturated carbocycles. The highest BCUT2D eigenvalue weighted by Crippen LogP contribution is 2.17. The minimum Gasteiger partial charge on any atom is -0.376 e. The Bertz CT molecular complexity index is 173. The van der Waals surface area contributed by atoms with E-state index in [1.54, 1.807) is 0 Å². The number of nitrogens with zero attached hydrogens (tertiary/aromatic N) is 1. The van der Waals surface area contributed by atoms with Gasteiger partial charge >= 0.3 is 0 Å².